The summed E-state index contributed by atoms with van der Waals surface area (Å²) in [5.41, 5.74) is 0.933. The molecule has 1 spiro atoms. The second kappa shape index (κ2) is 7.70. The largest absolute Gasteiger partial charge is 0.352 e. The van der Waals surface area contributed by atoms with E-state index in [0.717, 1.165) is 5.56 Å². The SMILES string of the molecule is CC(=O)[C@@H]1[C@H](c2ccc([N+](=O)[O-])cc2)C2(C(=O)c3ccccc3C2=O)[C@@H]2C=Cc3cc(Cl)ccc3N12. The number of hydrogen-bond donors (Lipinski definition) is 0. The van der Waals surface area contributed by atoms with Crippen molar-refractivity contribution in [3.05, 3.63) is 110 Å². The van der Waals surface area contributed by atoms with E-state index in [1.165, 1.54) is 19.1 Å². The van der Waals surface area contributed by atoms with Crippen LogP contribution in [0.5, 0.6) is 0 Å². The Morgan fingerprint density at radius 2 is 1.64 bits per heavy atom. The summed E-state index contributed by atoms with van der Waals surface area (Å²) < 4.78 is 0. The first-order valence-electron chi connectivity index (χ1n) is 11.5. The molecule has 36 heavy (non-hydrogen) atoms. The average molecular weight is 499 g/mol. The van der Waals surface area contributed by atoms with Gasteiger partial charge < -0.3 is 4.90 Å². The van der Waals surface area contributed by atoms with Crippen LogP contribution in [-0.4, -0.2) is 34.4 Å². The van der Waals surface area contributed by atoms with Crippen molar-refractivity contribution in [2.75, 3.05) is 4.90 Å². The highest BCUT2D eigenvalue weighted by molar-refractivity contribution is 6.32. The van der Waals surface area contributed by atoms with Crippen molar-refractivity contribution < 1.29 is 19.3 Å². The molecule has 178 valence electrons. The van der Waals surface area contributed by atoms with E-state index in [1.807, 2.05) is 17.1 Å². The molecule has 1 saturated heterocycles. The van der Waals surface area contributed by atoms with Crippen LogP contribution >= 0.6 is 11.6 Å². The molecule has 3 atom stereocenters. The number of carbonyl (C=O) groups excluding carboxylic acids is 3. The number of benzene rings is 3. The third-order valence-corrected chi connectivity index (χ3v) is 7.88. The minimum Gasteiger partial charge on any atom is -0.352 e. The fourth-order valence-electron chi connectivity index (χ4n) is 6.28. The van der Waals surface area contributed by atoms with Gasteiger partial charge in [-0.3, -0.25) is 24.5 Å². The Labute approximate surface area is 211 Å². The van der Waals surface area contributed by atoms with Gasteiger partial charge in [0.1, 0.15) is 5.41 Å². The minimum atomic E-state index is -1.61. The summed E-state index contributed by atoms with van der Waals surface area (Å²) in [4.78, 5) is 54.5. The summed E-state index contributed by atoms with van der Waals surface area (Å²) in [6, 6.07) is 16.2. The Balaban J connectivity index is 1.66. The van der Waals surface area contributed by atoms with Gasteiger partial charge in [0, 0.05) is 39.9 Å². The van der Waals surface area contributed by atoms with Gasteiger partial charge >= 0.3 is 0 Å². The maximum Gasteiger partial charge on any atom is 0.269 e. The number of halogens is 1. The van der Waals surface area contributed by atoms with E-state index in [-0.39, 0.29) is 23.0 Å². The molecule has 2 heterocycles. The minimum absolute atomic E-state index is 0.116. The molecule has 0 amide bonds. The van der Waals surface area contributed by atoms with E-state index < -0.39 is 28.3 Å². The van der Waals surface area contributed by atoms with Crippen molar-refractivity contribution in [2.24, 2.45) is 5.41 Å². The number of ketones is 3. The van der Waals surface area contributed by atoms with Crippen LogP contribution in [0.1, 0.15) is 44.7 Å². The highest BCUT2D eigenvalue weighted by Gasteiger charge is 2.71. The Bertz CT molecular complexity index is 1490. The van der Waals surface area contributed by atoms with Crippen LogP contribution in [0.4, 0.5) is 11.4 Å². The second-order valence-electron chi connectivity index (χ2n) is 9.37. The number of hydrogen-bond acceptors (Lipinski definition) is 6. The number of anilines is 1. The van der Waals surface area contributed by atoms with E-state index in [0.29, 0.717) is 27.4 Å². The van der Waals surface area contributed by atoms with E-state index in [4.69, 9.17) is 11.6 Å². The summed E-state index contributed by atoms with van der Waals surface area (Å²) in [6.07, 6.45) is 3.64. The van der Waals surface area contributed by atoms with Crippen molar-refractivity contribution in [2.45, 2.75) is 24.9 Å². The van der Waals surface area contributed by atoms with Crippen LogP contribution < -0.4 is 4.90 Å². The van der Waals surface area contributed by atoms with Gasteiger partial charge in [-0.15, -0.1) is 0 Å². The Kier molecular flexibility index (Phi) is 4.78. The molecule has 1 aliphatic carbocycles. The van der Waals surface area contributed by atoms with Crippen molar-refractivity contribution in [1.82, 2.24) is 0 Å². The maximum atomic E-state index is 14.3. The molecule has 7 nitrogen and oxygen atoms in total. The lowest BCUT2D eigenvalue weighted by molar-refractivity contribution is -0.384. The third-order valence-electron chi connectivity index (χ3n) is 7.65. The number of nitro benzene ring substituents is 1. The lowest BCUT2D eigenvalue weighted by atomic mass is 9.64. The molecule has 8 heteroatoms. The van der Waals surface area contributed by atoms with Crippen molar-refractivity contribution in [1.29, 1.82) is 0 Å². The van der Waals surface area contributed by atoms with Gasteiger partial charge in [0.05, 0.1) is 17.0 Å². The van der Waals surface area contributed by atoms with E-state index in [9.17, 15) is 24.5 Å². The predicted molar refractivity (Wildman–Crippen MR) is 135 cm³/mol. The molecule has 1 fully saturated rings. The monoisotopic (exact) mass is 498 g/mol. The quantitative estimate of drug-likeness (QED) is 0.277. The normalized spacial score (nSPS) is 22.9. The highest BCUT2D eigenvalue weighted by Crippen LogP contribution is 2.60. The number of nitro groups is 1. The van der Waals surface area contributed by atoms with Crippen LogP contribution in [0.2, 0.25) is 5.02 Å². The smallest absolute Gasteiger partial charge is 0.269 e. The molecule has 0 bridgehead atoms. The fraction of sp³-hybridized carbons (Fsp3) is 0.179. The number of fused-ring (bicyclic) bond motifs is 5. The fourth-order valence-corrected chi connectivity index (χ4v) is 6.46. The first-order valence-corrected chi connectivity index (χ1v) is 11.8. The zero-order valence-electron chi connectivity index (χ0n) is 19.1. The van der Waals surface area contributed by atoms with Gasteiger partial charge in [0.2, 0.25) is 0 Å². The molecule has 0 saturated carbocycles. The van der Waals surface area contributed by atoms with Gasteiger partial charge in [-0.2, -0.15) is 0 Å². The van der Waals surface area contributed by atoms with Crippen molar-refractivity contribution in [3.8, 4) is 0 Å². The molecular weight excluding hydrogens is 480 g/mol. The Morgan fingerprint density at radius 3 is 2.22 bits per heavy atom. The van der Waals surface area contributed by atoms with Crippen LogP contribution in [0.25, 0.3) is 6.08 Å². The first-order chi connectivity index (χ1) is 17.3. The molecule has 3 aromatic carbocycles. The molecule has 6 rings (SSSR count). The molecule has 0 N–H and O–H groups in total. The third kappa shape index (κ3) is 2.77. The van der Waals surface area contributed by atoms with Gasteiger partial charge in [0.15, 0.2) is 17.3 Å². The lowest BCUT2D eigenvalue weighted by Crippen LogP contribution is -2.48. The summed E-state index contributed by atoms with van der Waals surface area (Å²) in [5.74, 6) is -1.76. The van der Waals surface area contributed by atoms with Crippen LogP contribution in [0.3, 0.4) is 0 Å². The molecule has 3 aromatic rings. The summed E-state index contributed by atoms with van der Waals surface area (Å²) in [5, 5.41) is 11.8. The predicted octanol–water partition coefficient (Wildman–Crippen LogP) is 5.27. The number of Topliss-reactive ketones (excluding diaryl/α,β-unsaturated/α-hetero) is 3. The number of non-ortho nitro benzene ring substituents is 1. The van der Waals surface area contributed by atoms with Crippen LogP contribution in [0, 0.1) is 15.5 Å². The molecular formula is C28H19ClN2O5. The zero-order valence-corrected chi connectivity index (χ0v) is 19.8. The highest BCUT2D eigenvalue weighted by atomic mass is 35.5. The topological polar surface area (TPSA) is 97.6 Å². The van der Waals surface area contributed by atoms with Gasteiger partial charge in [0.25, 0.3) is 5.69 Å². The van der Waals surface area contributed by atoms with Crippen molar-refractivity contribution in [3.63, 3.8) is 0 Å². The number of rotatable bonds is 3. The van der Waals surface area contributed by atoms with Crippen LogP contribution in [-0.2, 0) is 4.79 Å². The first kappa shape index (κ1) is 22.4. The standard InChI is InChI=1S/C28H19ClN2O5/c1-15(32)25-24(16-6-10-19(11-7-16)31(35)36)28(26(33)20-4-2-3-5-21(20)27(28)34)23-13-8-17-14-18(29)9-12-22(17)30(23)25/h2-14,23-25H,1H3/t23-,24-,25+/m0/s1. The molecule has 2 aliphatic heterocycles. The molecule has 3 aliphatic rings. The van der Waals surface area contributed by atoms with Crippen molar-refractivity contribution >= 4 is 46.4 Å². The van der Waals surface area contributed by atoms with E-state index >= 15 is 0 Å². The summed E-state index contributed by atoms with van der Waals surface area (Å²) in [7, 11) is 0. The van der Waals surface area contributed by atoms with Gasteiger partial charge in [-0.05, 0) is 36.2 Å². The molecule has 0 radical (unpaired) electrons. The zero-order chi connectivity index (χ0) is 25.4. The Morgan fingerprint density at radius 1 is 1.00 bits per heavy atom. The molecule has 0 unspecified atom stereocenters. The Hall–Kier alpha value is -4.10. The van der Waals surface area contributed by atoms with E-state index in [1.54, 1.807) is 54.6 Å². The summed E-state index contributed by atoms with van der Waals surface area (Å²) >= 11 is 6.23. The number of nitrogens with zero attached hydrogens (tertiary/aromatic N) is 2. The lowest BCUT2D eigenvalue weighted by Gasteiger charge is -2.37. The second-order valence-corrected chi connectivity index (χ2v) is 9.81. The van der Waals surface area contributed by atoms with Crippen LogP contribution in [0.15, 0.2) is 72.8 Å². The maximum absolute atomic E-state index is 14.3. The summed E-state index contributed by atoms with van der Waals surface area (Å²) in [6.45, 7) is 1.45. The number of carbonyl (C=O) groups is 3. The van der Waals surface area contributed by atoms with Gasteiger partial charge in [-0.1, -0.05) is 60.2 Å². The molecule has 0 aromatic heterocycles. The van der Waals surface area contributed by atoms with Gasteiger partial charge in [-0.25, -0.2) is 0 Å². The average Bonchev–Trinajstić information content (AvgIpc) is 3.30. The van der Waals surface area contributed by atoms with E-state index in [2.05, 4.69) is 0 Å².